The van der Waals surface area contributed by atoms with E-state index in [4.69, 9.17) is 5.53 Å². The van der Waals surface area contributed by atoms with Crippen LogP contribution in [-0.2, 0) is 6.42 Å². The summed E-state index contributed by atoms with van der Waals surface area (Å²) in [5.41, 5.74) is 11.8. The van der Waals surface area contributed by atoms with Gasteiger partial charge in [-0.2, -0.15) is 0 Å². The van der Waals surface area contributed by atoms with Gasteiger partial charge in [-0.3, -0.25) is 0 Å². The van der Waals surface area contributed by atoms with Crippen molar-refractivity contribution in [2.75, 3.05) is 6.54 Å². The highest BCUT2D eigenvalue weighted by Gasteiger charge is 1.96. The van der Waals surface area contributed by atoms with Crippen LogP contribution in [-0.4, -0.2) is 6.54 Å². The molecule has 0 fully saturated rings. The largest absolute Gasteiger partial charge is 0.0936 e. The van der Waals surface area contributed by atoms with Crippen molar-refractivity contribution < 1.29 is 0 Å². The number of hydrogen-bond acceptors (Lipinski definition) is 1. The van der Waals surface area contributed by atoms with Gasteiger partial charge in [-0.1, -0.05) is 59.7 Å². The van der Waals surface area contributed by atoms with Crippen molar-refractivity contribution in [1.29, 1.82) is 0 Å². The molecule has 2 rings (SSSR count). The first-order valence-corrected chi connectivity index (χ1v) is 5.55. The minimum atomic E-state index is 0.515. The molecule has 0 saturated carbocycles. The number of benzene rings is 2. The molecule has 0 aliphatic rings. The minimum absolute atomic E-state index is 0.515. The fourth-order valence-electron chi connectivity index (χ4n) is 1.72. The summed E-state index contributed by atoms with van der Waals surface area (Å²) < 4.78 is 0. The van der Waals surface area contributed by atoms with Crippen LogP contribution < -0.4 is 0 Å². The van der Waals surface area contributed by atoms with Gasteiger partial charge in [-0.15, -0.1) is 0 Å². The molecule has 0 saturated heterocycles. The lowest BCUT2D eigenvalue weighted by Gasteiger charge is -2.03. The van der Waals surface area contributed by atoms with Crippen LogP contribution in [0.4, 0.5) is 0 Å². The molecule has 3 heteroatoms. The highest BCUT2D eigenvalue weighted by molar-refractivity contribution is 5.63. The van der Waals surface area contributed by atoms with Crippen molar-refractivity contribution in [3.8, 4) is 11.1 Å². The fourth-order valence-corrected chi connectivity index (χ4v) is 1.72. The average Bonchev–Trinajstić information content (AvgIpc) is 2.41. The Morgan fingerprint density at radius 2 is 1.53 bits per heavy atom. The van der Waals surface area contributed by atoms with Gasteiger partial charge in [0.05, 0.1) is 0 Å². The predicted molar refractivity (Wildman–Crippen MR) is 69.6 cm³/mol. The monoisotopic (exact) mass is 223 g/mol. The third kappa shape index (κ3) is 3.10. The zero-order chi connectivity index (χ0) is 11.9. The molecule has 17 heavy (non-hydrogen) atoms. The molecule has 0 unspecified atom stereocenters. The molecular formula is C14H13N3. The van der Waals surface area contributed by atoms with Crippen molar-refractivity contribution >= 4 is 0 Å². The quantitative estimate of drug-likeness (QED) is 0.423. The van der Waals surface area contributed by atoms with Crippen molar-refractivity contribution in [2.24, 2.45) is 5.11 Å². The van der Waals surface area contributed by atoms with Gasteiger partial charge >= 0.3 is 0 Å². The van der Waals surface area contributed by atoms with E-state index in [-0.39, 0.29) is 0 Å². The van der Waals surface area contributed by atoms with Crippen molar-refractivity contribution in [3.05, 3.63) is 70.6 Å². The van der Waals surface area contributed by atoms with Crippen LogP contribution in [0.2, 0.25) is 0 Å². The van der Waals surface area contributed by atoms with Crippen LogP contribution in [0.15, 0.2) is 59.7 Å². The van der Waals surface area contributed by atoms with E-state index in [1.165, 1.54) is 16.7 Å². The van der Waals surface area contributed by atoms with E-state index in [9.17, 15) is 0 Å². The molecule has 0 aliphatic carbocycles. The summed E-state index contributed by atoms with van der Waals surface area (Å²) in [5, 5.41) is 3.53. The van der Waals surface area contributed by atoms with Gasteiger partial charge in [0.25, 0.3) is 0 Å². The molecule has 0 heterocycles. The van der Waals surface area contributed by atoms with Crippen LogP contribution in [0.5, 0.6) is 0 Å². The molecule has 0 spiro atoms. The standard InChI is InChI=1S/C14H13N3/c15-17-16-11-10-12-6-8-14(9-7-12)13-4-2-1-3-5-13/h1-9H,10-11H2. The maximum atomic E-state index is 8.20. The normalized spacial score (nSPS) is 9.65. The Bertz CT molecular complexity index is 511. The van der Waals surface area contributed by atoms with Gasteiger partial charge < -0.3 is 0 Å². The summed E-state index contributed by atoms with van der Waals surface area (Å²) in [7, 11) is 0. The molecule has 84 valence electrons. The zero-order valence-electron chi connectivity index (χ0n) is 9.45. The van der Waals surface area contributed by atoms with Gasteiger partial charge in [0.1, 0.15) is 0 Å². The van der Waals surface area contributed by atoms with Gasteiger partial charge in [-0.25, -0.2) is 0 Å². The Morgan fingerprint density at radius 3 is 2.18 bits per heavy atom. The lowest BCUT2D eigenvalue weighted by molar-refractivity contribution is 0.956. The molecule has 2 aromatic carbocycles. The summed E-state index contributed by atoms with van der Waals surface area (Å²) in [5.74, 6) is 0. The molecule has 0 amide bonds. The lowest BCUT2D eigenvalue weighted by Crippen LogP contribution is -1.88. The number of hydrogen-bond donors (Lipinski definition) is 0. The highest BCUT2D eigenvalue weighted by atomic mass is 15.1. The van der Waals surface area contributed by atoms with E-state index < -0.39 is 0 Å². The Hall–Kier alpha value is -2.25. The van der Waals surface area contributed by atoms with E-state index in [0.717, 1.165) is 6.42 Å². The first kappa shape index (κ1) is 11.2. The third-order valence-electron chi connectivity index (χ3n) is 2.62. The maximum Gasteiger partial charge on any atom is 0.0298 e. The highest BCUT2D eigenvalue weighted by Crippen LogP contribution is 2.19. The van der Waals surface area contributed by atoms with Crippen LogP contribution in [0.25, 0.3) is 21.6 Å². The number of nitrogens with zero attached hydrogens (tertiary/aromatic N) is 3. The SMILES string of the molecule is [N-]=[N+]=NCCc1ccc(-c2ccccc2)cc1. The zero-order valence-corrected chi connectivity index (χ0v) is 9.45. The molecule has 3 nitrogen and oxygen atoms in total. The van der Waals surface area contributed by atoms with Crippen LogP contribution in [0.1, 0.15) is 5.56 Å². The van der Waals surface area contributed by atoms with Crippen molar-refractivity contribution in [2.45, 2.75) is 6.42 Å². The molecule has 0 N–H and O–H groups in total. The first-order valence-electron chi connectivity index (χ1n) is 5.55. The molecule has 0 radical (unpaired) electrons. The lowest BCUT2D eigenvalue weighted by atomic mass is 10.0. The number of rotatable bonds is 4. The van der Waals surface area contributed by atoms with E-state index in [0.29, 0.717) is 6.54 Å². The fraction of sp³-hybridized carbons (Fsp3) is 0.143. The Balaban J connectivity index is 2.10. The summed E-state index contributed by atoms with van der Waals surface area (Å²) >= 11 is 0. The molecule has 0 aliphatic heterocycles. The predicted octanol–water partition coefficient (Wildman–Crippen LogP) is 4.21. The van der Waals surface area contributed by atoms with Crippen molar-refractivity contribution in [1.82, 2.24) is 0 Å². The topological polar surface area (TPSA) is 48.8 Å². The van der Waals surface area contributed by atoms with E-state index in [1.54, 1.807) is 0 Å². The second-order valence-corrected chi connectivity index (χ2v) is 3.77. The van der Waals surface area contributed by atoms with Crippen LogP contribution in [0, 0.1) is 0 Å². The van der Waals surface area contributed by atoms with E-state index in [1.807, 2.05) is 18.2 Å². The molecular weight excluding hydrogens is 210 g/mol. The molecule has 0 atom stereocenters. The van der Waals surface area contributed by atoms with Gasteiger partial charge in [0.2, 0.25) is 0 Å². The van der Waals surface area contributed by atoms with E-state index >= 15 is 0 Å². The third-order valence-corrected chi connectivity index (χ3v) is 2.62. The Kier molecular flexibility index (Phi) is 3.79. The first-order chi connectivity index (χ1) is 8.40. The Morgan fingerprint density at radius 1 is 0.882 bits per heavy atom. The summed E-state index contributed by atoms with van der Waals surface area (Å²) in [6.45, 7) is 0.515. The van der Waals surface area contributed by atoms with Gasteiger partial charge in [0, 0.05) is 11.5 Å². The molecule has 0 bridgehead atoms. The molecule has 0 aromatic heterocycles. The van der Waals surface area contributed by atoms with Crippen molar-refractivity contribution in [3.63, 3.8) is 0 Å². The smallest absolute Gasteiger partial charge is 0.0298 e. The summed E-state index contributed by atoms with van der Waals surface area (Å²) in [6.07, 6.45) is 0.791. The number of azide groups is 1. The molecule has 2 aromatic rings. The van der Waals surface area contributed by atoms with Crippen LogP contribution >= 0.6 is 0 Å². The minimum Gasteiger partial charge on any atom is -0.0936 e. The Labute approximate surface area is 100 Å². The summed E-state index contributed by atoms with van der Waals surface area (Å²) in [4.78, 5) is 2.74. The maximum absolute atomic E-state index is 8.20. The van der Waals surface area contributed by atoms with Crippen LogP contribution in [0.3, 0.4) is 0 Å². The average molecular weight is 223 g/mol. The van der Waals surface area contributed by atoms with E-state index in [2.05, 4.69) is 46.4 Å². The van der Waals surface area contributed by atoms with Gasteiger partial charge in [-0.05, 0) is 28.6 Å². The van der Waals surface area contributed by atoms with Gasteiger partial charge in [0.15, 0.2) is 0 Å². The second-order valence-electron chi connectivity index (χ2n) is 3.77. The second kappa shape index (κ2) is 5.73. The summed E-state index contributed by atoms with van der Waals surface area (Å²) in [6, 6.07) is 18.6.